The van der Waals surface area contributed by atoms with Crippen LogP contribution in [0.5, 0.6) is 0 Å². The third-order valence-corrected chi connectivity index (χ3v) is 16.0. The number of carbonyl (C=O) groups is 2. The van der Waals surface area contributed by atoms with Crippen molar-refractivity contribution in [1.29, 1.82) is 0 Å². The molecule has 0 bridgehead atoms. The summed E-state index contributed by atoms with van der Waals surface area (Å²) in [6.45, 7) is 4.50. The largest absolute Gasteiger partial charge is 0.472 e. The SMILES string of the molecule is CCCCCCC/C=C\C/C=C\CCCCCCCCCCCCCCCCCCCC(=O)OC(COC(=O)CCCCCCCCCCCCCCCCCCCCCCCCC)COP(=O)(O)OCC[N+](C)(C)C. The first-order chi connectivity index (χ1) is 37.0. The van der Waals surface area contributed by atoms with E-state index >= 15 is 0 Å². The van der Waals surface area contributed by atoms with Crippen molar-refractivity contribution in [3.8, 4) is 0 Å². The molecule has 0 aliphatic carbocycles. The zero-order valence-electron chi connectivity index (χ0n) is 51.3. The van der Waals surface area contributed by atoms with Crippen molar-refractivity contribution >= 4 is 19.8 Å². The van der Waals surface area contributed by atoms with Crippen molar-refractivity contribution in [2.24, 2.45) is 0 Å². The Morgan fingerprint density at radius 1 is 0.408 bits per heavy atom. The molecule has 10 heteroatoms. The molecule has 2 unspecified atom stereocenters. The summed E-state index contributed by atoms with van der Waals surface area (Å²) in [7, 11) is 1.50. The highest BCUT2D eigenvalue weighted by atomic mass is 31.2. The number of phosphoric acid groups is 1. The molecule has 450 valence electrons. The van der Waals surface area contributed by atoms with Gasteiger partial charge in [-0.25, -0.2) is 4.57 Å². The smallest absolute Gasteiger partial charge is 0.462 e. The topological polar surface area (TPSA) is 108 Å². The third-order valence-electron chi connectivity index (χ3n) is 15.0. The maximum atomic E-state index is 12.9. The minimum absolute atomic E-state index is 0.0354. The van der Waals surface area contributed by atoms with Crippen molar-refractivity contribution in [3.63, 3.8) is 0 Å². The number of quaternary nitrogens is 1. The molecular formula is C66H129NO8P+. The number of hydrogen-bond acceptors (Lipinski definition) is 7. The van der Waals surface area contributed by atoms with Crippen LogP contribution in [0.25, 0.3) is 0 Å². The Balaban J connectivity index is 4.03. The molecule has 0 aliphatic heterocycles. The number of esters is 2. The predicted octanol–water partition coefficient (Wildman–Crippen LogP) is 20.9. The first-order valence-corrected chi connectivity index (χ1v) is 34.6. The molecule has 2 atom stereocenters. The van der Waals surface area contributed by atoms with Crippen LogP contribution < -0.4 is 0 Å². The number of phosphoric ester groups is 1. The van der Waals surface area contributed by atoms with Gasteiger partial charge in [0.05, 0.1) is 27.7 Å². The summed E-state index contributed by atoms with van der Waals surface area (Å²) in [4.78, 5) is 35.8. The third kappa shape index (κ3) is 61.7. The standard InChI is InChI=1S/C66H128NO8P/c1-6-8-10-12-14-16-18-20-22-24-26-28-30-31-32-33-34-35-37-39-41-43-45-47-49-51-53-55-57-59-66(69)75-64(63-74-76(70,71)73-61-60-67(3,4)5)62-72-65(68)58-56-54-52-50-48-46-44-42-40-38-36-29-27-25-23-21-19-17-15-13-11-9-7-2/h18,20,24,26,64H,6-17,19,21-23,25,27-63H2,1-5H3/p+1/b20-18-,26-24-. The quantitative estimate of drug-likeness (QED) is 0.0211. The first kappa shape index (κ1) is 74.5. The van der Waals surface area contributed by atoms with Gasteiger partial charge in [-0.15, -0.1) is 0 Å². The Morgan fingerprint density at radius 3 is 1.04 bits per heavy atom. The summed E-state index contributed by atoms with van der Waals surface area (Å²) in [5.74, 6) is -0.775. The lowest BCUT2D eigenvalue weighted by Crippen LogP contribution is -2.37. The number of rotatable bonds is 62. The molecule has 9 nitrogen and oxygen atoms in total. The van der Waals surface area contributed by atoms with Crippen LogP contribution in [0.15, 0.2) is 24.3 Å². The average molecular weight is 1100 g/mol. The Labute approximate surface area is 472 Å². The molecule has 0 radical (unpaired) electrons. The van der Waals surface area contributed by atoms with E-state index in [0.29, 0.717) is 23.9 Å². The normalized spacial score (nSPS) is 13.3. The van der Waals surface area contributed by atoms with E-state index in [-0.39, 0.29) is 25.6 Å². The highest BCUT2D eigenvalue weighted by Gasteiger charge is 2.27. The van der Waals surface area contributed by atoms with Crippen molar-refractivity contribution < 1.29 is 42.1 Å². The van der Waals surface area contributed by atoms with E-state index in [1.165, 1.54) is 263 Å². The van der Waals surface area contributed by atoms with E-state index in [4.69, 9.17) is 18.5 Å². The van der Waals surface area contributed by atoms with Gasteiger partial charge in [-0.3, -0.25) is 18.6 Å². The van der Waals surface area contributed by atoms with Gasteiger partial charge in [0.25, 0.3) is 0 Å². The fourth-order valence-electron chi connectivity index (χ4n) is 9.87. The van der Waals surface area contributed by atoms with Gasteiger partial charge in [-0.2, -0.15) is 0 Å². The minimum Gasteiger partial charge on any atom is -0.462 e. The van der Waals surface area contributed by atoms with E-state index in [1.807, 2.05) is 21.1 Å². The second kappa shape index (κ2) is 58.2. The fourth-order valence-corrected chi connectivity index (χ4v) is 10.6. The lowest BCUT2D eigenvalue weighted by atomic mass is 10.0. The maximum Gasteiger partial charge on any atom is 0.472 e. The minimum atomic E-state index is -4.38. The molecule has 0 spiro atoms. The Kier molecular flexibility index (Phi) is 57.0. The molecule has 0 aromatic heterocycles. The highest BCUT2D eigenvalue weighted by molar-refractivity contribution is 7.47. The summed E-state index contributed by atoms with van der Waals surface area (Å²) >= 11 is 0. The lowest BCUT2D eigenvalue weighted by Gasteiger charge is -2.24. The monoisotopic (exact) mass is 1090 g/mol. The van der Waals surface area contributed by atoms with Gasteiger partial charge in [-0.1, -0.05) is 301 Å². The van der Waals surface area contributed by atoms with Gasteiger partial charge >= 0.3 is 19.8 Å². The summed E-state index contributed by atoms with van der Waals surface area (Å²) in [6.07, 6.45) is 71.3. The summed E-state index contributed by atoms with van der Waals surface area (Å²) in [5, 5.41) is 0. The Hall–Kier alpha value is -1.51. The van der Waals surface area contributed by atoms with Crippen LogP contribution in [-0.2, 0) is 32.7 Å². The van der Waals surface area contributed by atoms with Crippen LogP contribution in [0.1, 0.15) is 335 Å². The van der Waals surface area contributed by atoms with E-state index in [2.05, 4.69) is 38.2 Å². The van der Waals surface area contributed by atoms with Gasteiger partial charge in [0.15, 0.2) is 6.10 Å². The molecule has 0 aromatic carbocycles. The van der Waals surface area contributed by atoms with Gasteiger partial charge in [0.1, 0.15) is 19.8 Å². The summed E-state index contributed by atoms with van der Waals surface area (Å²) in [6, 6.07) is 0. The van der Waals surface area contributed by atoms with Crippen LogP contribution in [0, 0.1) is 0 Å². The number of allylic oxidation sites excluding steroid dienone is 4. The van der Waals surface area contributed by atoms with Crippen LogP contribution in [0.2, 0.25) is 0 Å². The Morgan fingerprint density at radius 2 is 0.711 bits per heavy atom. The molecule has 1 N–H and O–H groups in total. The van der Waals surface area contributed by atoms with Gasteiger partial charge in [-0.05, 0) is 44.9 Å². The van der Waals surface area contributed by atoms with Crippen LogP contribution in [-0.4, -0.2) is 74.9 Å². The lowest BCUT2D eigenvalue weighted by molar-refractivity contribution is -0.870. The second-order valence-electron chi connectivity index (χ2n) is 23.9. The van der Waals surface area contributed by atoms with Crippen molar-refractivity contribution in [2.45, 2.75) is 341 Å². The molecule has 0 fully saturated rings. The van der Waals surface area contributed by atoms with E-state index in [0.717, 1.165) is 38.5 Å². The second-order valence-corrected chi connectivity index (χ2v) is 25.3. The maximum absolute atomic E-state index is 12.9. The molecule has 0 saturated carbocycles. The number of likely N-dealkylation sites (N-methyl/N-ethyl adjacent to an activating group) is 1. The van der Waals surface area contributed by atoms with Gasteiger partial charge in [0.2, 0.25) is 0 Å². The molecular weight excluding hydrogens is 966 g/mol. The van der Waals surface area contributed by atoms with Crippen LogP contribution in [0.4, 0.5) is 0 Å². The van der Waals surface area contributed by atoms with E-state index in [1.54, 1.807) is 0 Å². The number of carbonyl (C=O) groups excluding carboxylic acids is 2. The first-order valence-electron chi connectivity index (χ1n) is 33.1. The summed E-state index contributed by atoms with van der Waals surface area (Å²) in [5.41, 5.74) is 0. The van der Waals surface area contributed by atoms with Crippen molar-refractivity contribution in [1.82, 2.24) is 0 Å². The number of nitrogens with zero attached hydrogens (tertiary/aromatic N) is 1. The number of ether oxygens (including phenoxy) is 2. The number of unbranched alkanes of at least 4 members (excludes halogenated alkanes) is 44. The zero-order chi connectivity index (χ0) is 55.6. The van der Waals surface area contributed by atoms with E-state index in [9.17, 15) is 19.0 Å². The van der Waals surface area contributed by atoms with Crippen LogP contribution in [0.3, 0.4) is 0 Å². The van der Waals surface area contributed by atoms with E-state index < -0.39 is 26.5 Å². The number of hydrogen-bond donors (Lipinski definition) is 1. The molecule has 0 aliphatic rings. The molecule has 76 heavy (non-hydrogen) atoms. The van der Waals surface area contributed by atoms with Gasteiger partial charge in [0, 0.05) is 12.8 Å². The summed E-state index contributed by atoms with van der Waals surface area (Å²) < 4.78 is 34.7. The fraction of sp³-hybridized carbons (Fsp3) is 0.909. The molecule has 0 rings (SSSR count). The zero-order valence-corrected chi connectivity index (χ0v) is 52.2. The highest BCUT2D eigenvalue weighted by Crippen LogP contribution is 2.43. The molecule has 0 aromatic rings. The molecule has 0 heterocycles. The molecule has 0 saturated heterocycles. The predicted molar refractivity (Wildman–Crippen MR) is 326 cm³/mol. The van der Waals surface area contributed by atoms with Crippen LogP contribution >= 0.6 is 7.82 Å². The van der Waals surface area contributed by atoms with Crippen molar-refractivity contribution in [3.05, 3.63) is 24.3 Å². The van der Waals surface area contributed by atoms with Gasteiger partial charge < -0.3 is 18.9 Å². The van der Waals surface area contributed by atoms with Crippen molar-refractivity contribution in [2.75, 3.05) is 47.5 Å². The average Bonchev–Trinajstić information content (AvgIpc) is 3.38. The Bertz CT molecular complexity index is 1330. The molecule has 0 amide bonds.